The van der Waals surface area contributed by atoms with Crippen molar-refractivity contribution >= 4 is 15.9 Å². The van der Waals surface area contributed by atoms with Crippen LogP contribution in [-0.2, 0) is 11.2 Å². The van der Waals surface area contributed by atoms with E-state index in [1.165, 1.54) is 5.56 Å². The van der Waals surface area contributed by atoms with E-state index in [2.05, 4.69) is 29.8 Å². The van der Waals surface area contributed by atoms with E-state index < -0.39 is 0 Å². The molecule has 106 valence electrons. The number of methoxy groups -OCH3 is 2. The molecule has 0 aliphatic carbocycles. The minimum absolute atomic E-state index is 0.407. The van der Waals surface area contributed by atoms with E-state index in [1.807, 2.05) is 12.1 Å². The lowest BCUT2D eigenvalue weighted by Crippen LogP contribution is -2.10. The number of benzene rings is 1. The molecule has 0 saturated carbocycles. The summed E-state index contributed by atoms with van der Waals surface area (Å²) in [7, 11) is 3.31. The van der Waals surface area contributed by atoms with Gasteiger partial charge >= 0.3 is 0 Å². The number of rotatable bonds is 6. The summed E-state index contributed by atoms with van der Waals surface area (Å²) in [6.07, 6.45) is 2.93. The average Bonchev–Trinajstić information content (AvgIpc) is 3.20. The molecule has 1 aromatic rings. The van der Waals surface area contributed by atoms with Gasteiger partial charge in [0, 0.05) is 4.47 Å². The molecule has 1 fully saturated rings. The van der Waals surface area contributed by atoms with Gasteiger partial charge in [0.2, 0.25) is 0 Å². The van der Waals surface area contributed by atoms with E-state index in [1.54, 1.807) is 14.2 Å². The summed E-state index contributed by atoms with van der Waals surface area (Å²) < 4.78 is 17.4. The predicted molar refractivity (Wildman–Crippen MR) is 79.1 cm³/mol. The molecule has 0 bridgehead atoms. The Balaban J connectivity index is 2.11. The Kier molecular flexibility index (Phi) is 4.74. The molecule has 0 aromatic heterocycles. The van der Waals surface area contributed by atoms with Crippen molar-refractivity contribution in [1.29, 1.82) is 0 Å². The fourth-order valence-corrected chi connectivity index (χ4v) is 2.99. The second kappa shape index (κ2) is 6.14. The molecule has 1 aliphatic rings. The van der Waals surface area contributed by atoms with Gasteiger partial charge < -0.3 is 14.2 Å². The van der Waals surface area contributed by atoms with Crippen LogP contribution in [0.5, 0.6) is 11.5 Å². The number of halogens is 1. The van der Waals surface area contributed by atoms with Crippen LogP contribution in [0.3, 0.4) is 0 Å². The quantitative estimate of drug-likeness (QED) is 0.744. The summed E-state index contributed by atoms with van der Waals surface area (Å²) in [6, 6.07) is 4.01. The van der Waals surface area contributed by atoms with Gasteiger partial charge in [-0.15, -0.1) is 0 Å². The van der Waals surface area contributed by atoms with Gasteiger partial charge in [-0.1, -0.05) is 29.8 Å². The zero-order chi connectivity index (χ0) is 14.0. The molecule has 3 unspecified atom stereocenters. The fourth-order valence-electron chi connectivity index (χ4n) is 2.50. The van der Waals surface area contributed by atoms with Crippen LogP contribution in [-0.4, -0.2) is 26.4 Å². The molecule has 0 N–H and O–H groups in total. The lowest BCUT2D eigenvalue weighted by molar-refractivity contribution is 0.321. The standard InChI is InChI=1S/C15H21BrO3/c1-5-12-15(19-12)9(2)6-10-7-13(17-3)14(18-4)8-11(10)16/h7-9,12,15H,5-6H2,1-4H3. The lowest BCUT2D eigenvalue weighted by Gasteiger charge is -2.14. The normalized spacial score (nSPS) is 23.0. The van der Waals surface area contributed by atoms with Crippen molar-refractivity contribution in [3.8, 4) is 11.5 Å². The zero-order valence-electron chi connectivity index (χ0n) is 11.9. The lowest BCUT2D eigenvalue weighted by atomic mass is 9.95. The van der Waals surface area contributed by atoms with E-state index in [0.29, 0.717) is 18.1 Å². The molecule has 2 rings (SSSR count). The molecule has 1 aliphatic heterocycles. The summed E-state index contributed by atoms with van der Waals surface area (Å²) in [5, 5.41) is 0. The summed E-state index contributed by atoms with van der Waals surface area (Å²) >= 11 is 3.61. The van der Waals surface area contributed by atoms with Crippen LogP contribution in [0.1, 0.15) is 25.8 Å². The molecular formula is C15H21BrO3. The van der Waals surface area contributed by atoms with Crippen LogP contribution in [0, 0.1) is 5.92 Å². The van der Waals surface area contributed by atoms with Crippen molar-refractivity contribution in [2.75, 3.05) is 14.2 Å². The van der Waals surface area contributed by atoms with E-state index in [-0.39, 0.29) is 0 Å². The van der Waals surface area contributed by atoms with E-state index in [4.69, 9.17) is 14.2 Å². The Morgan fingerprint density at radius 2 is 1.89 bits per heavy atom. The van der Waals surface area contributed by atoms with Gasteiger partial charge in [-0.2, -0.15) is 0 Å². The molecular weight excluding hydrogens is 308 g/mol. The highest BCUT2D eigenvalue weighted by Crippen LogP contribution is 2.38. The Hall–Kier alpha value is -0.740. The van der Waals surface area contributed by atoms with Crippen molar-refractivity contribution in [1.82, 2.24) is 0 Å². The first-order valence-corrected chi connectivity index (χ1v) is 7.45. The van der Waals surface area contributed by atoms with Crippen molar-refractivity contribution in [3.05, 3.63) is 22.2 Å². The Morgan fingerprint density at radius 3 is 2.42 bits per heavy atom. The van der Waals surface area contributed by atoms with E-state index >= 15 is 0 Å². The largest absolute Gasteiger partial charge is 0.493 e. The van der Waals surface area contributed by atoms with Crippen LogP contribution in [0.15, 0.2) is 16.6 Å². The van der Waals surface area contributed by atoms with Gasteiger partial charge in [0.15, 0.2) is 11.5 Å². The zero-order valence-corrected chi connectivity index (χ0v) is 13.5. The minimum atomic E-state index is 0.407. The van der Waals surface area contributed by atoms with Crippen LogP contribution < -0.4 is 9.47 Å². The summed E-state index contributed by atoms with van der Waals surface area (Å²) in [6.45, 7) is 4.41. The van der Waals surface area contributed by atoms with Gasteiger partial charge in [-0.3, -0.25) is 0 Å². The van der Waals surface area contributed by atoms with Gasteiger partial charge in [0.1, 0.15) is 0 Å². The van der Waals surface area contributed by atoms with Crippen molar-refractivity contribution < 1.29 is 14.2 Å². The Morgan fingerprint density at radius 1 is 1.26 bits per heavy atom. The molecule has 1 aromatic carbocycles. The highest BCUT2D eigenvalue weighted by molar-refractivity contribution is 9.10. The fraction of sp³-hybridized carbons (Fsp3) is 0.600. The molecule has 1 saturated heterocycles. The SMILES string of the molecule is CCC1OC1C(C)Cc1cc(OC)c(OC)cc1Br. The maximum Gasteiger partial charge on any atom is 0.161 e. The molecule has 1 heterocycles. The number of hydrogen-bond acceptors (Lipinski definition) is 3. The number of ether oxygens (including phenoxy) is 3. The molecule has 4 heteroatoms. The monoisotopic (exact) mass is 328 g/mol. The molecule has 19 heavy (non-hydrogen) atoms. The molecule has 3 atom stereocenters. The summed E-state index contributed by atoms with van der Waals surface area (Å²) in [5.41, 5.74) is 1.23. The minimum Gasteiger partial charge on any atom is -0.493 e. The first kappa shape index (κ1) is 14.7. The van der Waals surface area contributed by atoms with Crippen molar-refractivity contribution in [3.63, 3.8) is 0 Å². The third-order valence-electron chi connectivity index (χ3n) is 3.68. The molecule has 0 spiro atoms. The molecule has 3 nitrogen and oxygen atoms in total. The maximum atomic E-state index is 5.67. The molecule has 0 amide bonds. The average molecular weight is 329 g/mol. The van der Waals surface area contributed by atoms with Crippen molar-refractivity contribution in [2.24, 2.45) is 5.92 Å². The highest BCUT2D eigenvalue weighted by Gasteiger charge is 2.41. The molecule has 0 radical (unpaired) electrons. The first-order chi connectivity index (χ1) is 9.10. The Labute approximate surface area is 123 Å². The van der Waals surface area contributed by atoms with Gasteiger partial charge in [0.25, 0.3) is 0 Å². The maximum absolute atomic E-state index is 5.67. The van der Waals surface area contributed by atoms with Gasteiger partial charge in [-0.05, 0) is 36.5 Å². The number of epoxide rings is 1. The van der Waals surface area contributed by atoms with Crippen LogP contribution >= 0.6 is 15.9 Å². The van der Waals surface area contributed by atoms with Crippen LogP contribution in [0.25, 0.3) is 0 Å². The summed E-state index contributed by atoms with van der Waals surface area (Å²) in [4.78, 5) is 0. The number of hydrogen-bond donors (Lipinski definition) is 0. The van der Waals surface area contributed by atoms with Crippen LogP contribution in [0.4, 0.5) is 0 Å². The second-order valence-corrected chi connectivity index (χ2v) is 5.88. The van der Waals surface area contributed by atoms with E-state index in [0.717, 1.165) is 28.8 Å². The van der Waals surface area contributed by atoms with Gasteiger partial charge in [-0.25, -0.2) is 0 Å². The Bertz CT molecular complexity index is 447. The van der Waals surface area contributed by atoms with Crippen LogP contribution in [0.2, 0.25) is 0 Å². The third-order valence-corrected chi connectivity index (χ3v) is 4.42. The predicted octanol–water partition coefficient (Wildman–Crippen LogP) is 3.82. The van der Waals surface area contributed by atoms with E-state index in [9.17, 15) is 0 Å². The summed E-state index contributed by atoms with van der Waals surface area (Å²) in [5.74, 6) is 2.04. The smallest absolute Gasteiger partial charge is 0.161 e. The van der Waals surface area contributed by atoms with Crippen molar-refractivity contribution in [2.45, 2.75) is 38.9 Å². The van der Waals surface area contributed by atoms with Gasteiger partial charge in [0.05, 0.1) is 26.4 Å². The topological polar surface area (TPSA) is 31.0 Å². The first-order valence-electron chi connectivity index (χ1n) is 6.66. The second-order valence-electron chi connectivity index (χ2n) is 5.03. The highest BCUT2D eigenvalue weighted by atomic mass is 79.9. The third kappa shape index (κ3) is 3.23.